The molecule has 26 heavy (non-hydrogen) atoms. The first kappa shape index (κ1) is 19.4. The zero-order chi connectivity index (χ0) is 19.1. The largest absolute Gasteiger partial charge is 0.351 e. The second-order valence-electron chi connectivity index (χ2n) is 5.12. The Balaban J connectivity index is 1.84. The minimum absolute atomic E-state index is 0.0176. The van der Waals surface area contributed by atoms with Gasteiger partial charge in [-0.1, -0.05) is 35.3 Å². The van der Waals surface area contributed by atoms with Gasteiger partial charge in [-0.25, -0.2) is 15.0 Å². The number of benzene rings is 2. The van der Waals surface area contributed by atoms with E-state index in [2.05, 4.69) is 21.5 Å². The van der Waals surface area contributed by atoms with Gasteiger partial charge >= 0.3 is 12.1 Å². The molecule has 0 saturated heterocycles. The average molecular weight is 396 g/mol. The summed E-state index contributed by atoms with van der Waals surface area (Å²) in [5, 5.41) is 5.58. The number of nitrogens with two attached hydrogens (primary N) is 1. The number of carbonyl (C=O) groups is 3. The van der Waals surface area contributed by atoms with Gasteiger partial charge in [-0.05, 0) is 35.9 Å². The maximum atomic E-state index is 11.9. The molecular weight excluding hydrogens is 381 g/mol. The number of primary amides is 1. The summed E-state index contributed by atoms with van der Waals surface area (Å²) in [6, 6.07) is 9.78. The van der Waals surface area contributed by atoms with Crippen LogP contribution in [0.1, 0.15) is 5.56 Å². The van der Waals surface area contributed by atoms with Gasteiger partial charge in [0, 0.05) is 10.7 Å². The van der Waals surface area contributed by atoms with Crippen LogP contribution in [0.4, 0.5) is 21.0 Å². The van der Waals surface area contributed by atoms with Gasteiger partial charge in [0.25, 0.3) is 0 Å². The molecular formula is C16H15Cl2N5O3. The summed E-state index contributed by atoms with van der Waals surface area (Å²) in [5.74, 6) is -0.460. The number of amides is 5. The van der Waals surface area contributed by atoms with Crippen LogP contribution >= 0.6 is 23.2 Å². The maximum absolute atomic E-state index is 11.9. The second-order valence-corrected chi connectivity index (χ2v) is 5.96. The van der Waals surface area contributed by atoms with E-state index in [0.717, 1.165) is 0 Å². The average Bonchev–Trinajstić information content (AvgIpc) is 2.55. The van der Waals surface area contributed by atoms with Crippen LogP contribution in [0.25, 0.3) is 0 Å². The number of urea groups is 2. The van der Waals surface area contributed by atoms with Crippen molar-refractivity contribution in [3.63, 3.8) is 0 Å². The van der Waals surface area contributed by atoms with Gasteiger partial charge in [0.15, 0.2) is 0 Å². The van der Waals surface area contributed by atoms with E-state index in [9.17, 15) is 14.4 Å². The topological polar surface area (TPSA) is 125 Å². The van der Waals surface area contributed by atoms with E-state index < -0.39 is 18.0 Å². The number of carbonyl (C=O) groups excluding carboxylic acids is 3. The van der Waals surface area contributed by atoms with Gasteiger partial charge in [0.05, 0.1) is 17.1 Å². The van der Waals surface area contributed by atoms with Gasteiger partial charge in [-0.2, -0.15) is 0 Å². The van der Waals surface area contributed by atoms with E-state index in [-0.39, 0.29) is 11.4 Å². The Bertz CT molecular complexity index is 844. The minimum atomic E-state index is -0.703. The van der Waals surface area contributed by atoms with Gasteiger partial charge in [0.1, 0.15) is 0 Å². The predicted molar refractivity (Wildman–Crippen MR) is 100 cm³/mol. The fraction of sp³-hybridized carbons (Fsp3) is 0.0625. The number of halogens is 2. The third-order valence-corrected chi connectivity index (χ3v) is 3.60. The van der Waals surface area contributed by atoms with Crippen molar-refractivity contribution >= 4 is 52.5 Å². The summed E-state index contributed by atoms with van der Waals surface area (Å²) in [4.78, 5) is 34.5. The highest BCUT2D eigenvalue weighted by Gasteiger charge is 2.09. The standard InChI is InChI=1S/C16H15Cl2N5O3/c17-10-4-5-13(12(18)8-10)21-16(26)23-22-14(24)7-9-2-1-3-11(6-9)20-15(19)25/h1-6,8H,7H2,(H,22,24)(H3,19,20,25)(H2,21,23,26). The third kappa shape index (κ3) is 6.15. The number of hydrazine groups is 1. The lowest BCUT2D eigenvalue weighted by atomic mass is 10.1. The van der Waals surface area contributed by atoms with Gasteiger partial charge in [0.2, 0.25) is 5.91 Å². The molecule has 10 heteroatoms. The molecule has 0 spiro atoms. The summed E-state index contributed by atoms with van der Waals surface area (Å²) in [6.45, 7) is 0. The Kier molecular flexibility index (Phi) is 6.65. The molecule has 2 rings (SSSR count). The van der Waals surface area contributed by atoms with Crippen molar-refractivity contribution in [1.82, 2.24) is 10.9 Å². The molecule has 0 aliphatic heterocycles. The Labute approximate surface area is 159 Å². The Morgan fingerprint density at radius 1 is 0.962 bits per heavy atom. The number of anilines is 2. The maximum Gasteiger partial charge on any atom is 0.337 e. The zero-order valence-corrected chi connectivity index (χ0v) is 14.8. The van der Waals surface area contributed by atoms with Gasteiger partial charge < -0.3 is 16.4 Å². The van der Waals surface area contributed by atoms with E-state index in [4.69, 9.17) is 28.9 Å². The normalized spacial score (nSPS) is 9.92. The lowest BCUT2D eigenvalue weighted by molar-refractivity contribution is -0.121. The van der Waals surface area contributed by atoms with Crippen molar-refractivity contribution in [2.45, 2.75) is 6.42 Å². The molecule has 8 nitrogen and oxygen atoms in total. The first-order valence-corrected chi connectivity index (χ1v) is 8.05. The number of hydrogen-bond acceptors (Lipinski definition) is 3. The molecule has 136 valence electrons. The van der Waals surface area contributed by atoms with Crippen LogP contribution in [0.5, 0.6) is 0 Å². The molecule has 5 amide bonds. The number of hydrogen-bond donors (Lipinski definition) is 5. The Morgan fingerprint density at radius 3 is 2.42 bits per heavy atom. The van der Waals surface area contributed by atoms with Crippen molar-refractivity contribution in [3.8, 4) is 0 Å². The van der Waals surface area contributed by atoms with Crippen LogP contribution in [-0.2, 0) is 11.2 Å². The van der Waals surface area contributed by atoms with Crippen molar-refractivity contribution in [2.75, 3.05) is 10.6 Å². The highest BCUT2D eigenvalue weighted by Crippen LogP contribution is 2.25. The SMILES string of the molecule is NC(=O)Nc1cccc(CC(=O)NNC(=O)Nc2ccc(Cl)cc2Cl)c1. The van der Waals surface area contributed by atoms with Crippen molar-refractivity contribution in [3.05, 3.63) is 58.1 Å². The molecule has 0 atom stereocenters. The van der Waals surface area contributed by atoms with Crippen molar-refractivity contribution in [2.24, 2.45) is 5.73 Å². The van der Waals surface area contributed by atoms with Crippen LogP contribution in [-0.4, -0.2) is 18.0 Å². The minimum Gasteiger partial charge on any atom is -0.351 e. The van der Waals surface area contributed by atoms with E-state index in [0.29, 0.717) is 22.0 Å². The van der Waals surface area contributed by atoms with Crippen LogP contribution in [0.2, 0.25) is 10.0 Å². The first-order chi connectivity index (χ1) is 12.3. The molecule has 2 aromatic carbocycles. The zero-order valence-electron chi connectivity index (χ0n) is 13.3. The number of rotatable bonds is 4. The first-order valence-electron chi connectivity index (χ1n) is 7.30. The molecule has 0 bridgehead atoms. The van der Waals surface area contributed by atoms with E-state index in [1.165, 1.54) is 12.1 Å². The van der Waals surface area contributed by atoms with Crippen molar-refractivity contribution in [1.29, 1.82) is 0 Å². The fourth-order valence-electron chi connectivity index (χ4n) is 2.00. The summed E-state index contributed by atoms with van der Waals surface area (Å²) >= 11 is 11.7. The Morgan fingerprint density at radius 2 is 1.73 bits per heavy atom. The van der Waals surface area contributed by atoms with Crippen LogP contribution in [0.15, 0.2) is 42.5 Å². The molecule has 0 unspecified atom stereocenters. The third-order valence-electron chi connectivity index (χ3n) is 3.05. The lowest BCUT2D eigenvalue weighted by Gasteiger charge is -2.10. The molecule has 0 radical (unpaired) electrons. The van der Waals surface area contributed by atoms with E-state index in [1.54, 1.807) is 30.3 Å². The monoisotopic (exact) mass is 395 g/mol. The summed E-state index contributed by atoms with van der Waals surface area (Å²) in [7, 11) is 0. The van der Waals surface area contributed by atoms with Crippen LogP contribution in [0.3, 0.4) is 0 Å². The highest BCUT2D eigenvalue weighted by molar-refractivity contribution is 6.36. The summed E-state index contributed by atoms with van der Waals surface area (Å²) < 4.78 is 0. The molecule has 0 aliphatic carbocycles. The number of nitrogens with one attached hydrogen (secondary N) is 4. The second kappa shape index (κ2) is 8.93. The predicted octanol–water partition coefficient (Wildman–Crippen LogP) is 2.88. The van der Waals surface area contributed by atoms with Gasteiger partial charge in [-0.15, -0.1) is 0 Å². The molecule has 0 aromatic heterocycles. The molecule has 0 fully saturated rings. The van der Waals surface area contributed by atoms with Crippen LogP contribution < -0.4 is 27.2 Å². The van der Waals surface area contributed by atoms with Crippen molar-refractivity contribution < 1.29 is 14.4 Å². The fourth-order valence-corrected chi connectivity index (χ4v) is 2.46. The smallest absolute Gasteiger partial charge is 0.337 e. The molecule has 0 aliphatic rings. The quantitative estimate of drug-likeness (QED) is 0.510. The summed E-state index contributed by atoms with van der Waals surface area (Å²) in [6.07, 6.45) is -0.0176. The molecule has 6 N–H and O–H groups in total. The Hall–Kier alpha value is -2.97. The molecule has 2 aromatic rings. The van der Waals surface area contributed by atoms with Gasteiger partial charge in [-0.3, -0.25) is 10.2 Å². The highest BCUT2D eigenvalue weighted by atomic mass is 35.5. The molecule has 0 saturated carbocycles. The van der Waals surface area contributed by atoms with E-state index in [1.807, 2.05) is 0 Å². The molecule has 0 heterocycles. The van der Waals surface area contributed by atoms with E-state index >= 15 is 0 Å². The van der Waals surface area contributed by atoms with Crippen LogP contribution in [0, 0.1) is 0 Å². The summed E-state index contributed by atoms with van der Waals surface area (Å²) in [5.41, 5.74) is 10.9. The lowest BCUT2D eigenvalue weighted by Crippen LogP contribution is -2.44.